The Hall–Kier alpha value is -1.25. The average Bonchev–Trinajstić information content (AvgIpc) is 2.30. The van der Waals surface area contributed by atoms with Crippen LogP contribution in [0.4, 0.5) is 0 Å². The third-order valence-electron chi connectivity index (χ3n) is 2.50. The Balaban J connectivity index is 2.28. The van der Waals surface area contributed by atoms with E-state index in [9.17, 15) is 13.2 Å². The minimum absolute atomic E-state index is 0.155. The number of benzene rings is 1. The van der Waals surface area contributed by atoms with Gasteiger partial charge in [-0.15, -0.1) is 0 Å². The molecule has 0 aliphatic carbocycles. The molecule has 0 aliphatic heterocycles. The van der Waals surface area contributed by atoms with Crippen molar-refractivity contribution in [3.8, 4) is 0 Å². The van der Waals surface area contributed by atoms with E-state index in [4.69, 9.17) is 0 Å². The summed E-state index contributed by atoms with van der Waals surface area (Å²) in [6.07, 6.45) is 2.49. The van der Waals surface area contributed by atoms with E-state index in [2.05, 4.69) is 25.6 Å². The lowest BCUT2D eigenvalue weighted by Crippen LogP contribution is -2.30. The summed E-state index contributed by atoms with van der Waals surface area (Å²) in [5.41, 5.74) is 0.416. The van der Waals surface area contributed by atoms with Gasteiger partial charge in [0.1, 0.15) is 0 Å². The molecule has 2 rings (SSSR count). The Bertz CT molecular complexity index is 770. The molecular formula is C11H12BrN3O3S. The smallest absolute Gasteiger partial charge is 0.261 e. The number of hydrogen-bond donors (Lipinski definition) is 1. The predicted molar refractivity (Wildman–Crippen MR) is 76.5 cm³/mol. The van der Waals surface area contributed by atoms with Gasteiger partial charge in [0.2, 0.25) is 10.0 Å². The first-order valence-corrected chi connectivity index (χ1v) is 8.14. The second kappa shape index (κ2) is 5.40. The van der Waals surface area contributed by atoms with Crippen LogP contribution >= 0.6 is 15.9 Å². The summed E-state index contributed by atoms with van der Waals surface area (Å²) in [5, 5.41) is 0.505. The van der Waals surface area contributed by atoms with Crippen molar-refractivity contribution >= 4 is 36.9 Å². The lowest BCUT2D eigenvalue weighted by Gasteiger charge is -2.07. The summed E-state index contributed by atoms with van der Waals surface area (Å²) < 4.78 is 26.4. The molecule has 1 heterocycles. The van der Waals surface area contributed by atoms with Crippen molar-refractivity contribution in [2.75, 3.05) is 12.8 Å². The molecule has 0 saturated carbocycles. The predicted octanol–water partition coefficient (Wildman–Crippen LogP) is 0.708. The van der Waals surface area contributed by atoms with Crippen LogP contribution < -0.4 is 10.3 Å². The molecule has 1 aromatic carbocycles. The van der Waals surface area contributed by atoms with Crippen molar-refractivity contribution in [3.63, 3.8) is 0 Å². The third-order valence-corrected chi connectivity index (χ3v) is 3.73. The van der Waals surface area contributed by atoms with Crippen LogP contribution in [-0.2, 0) is 16.6 Å². The molecule has 0 radical (unpaired) electrons. The van der Waals surface area contributed by atoms with Crippen LogP contribution in [0.3, 0.4) is 0 Å². The first-order valence-electron chi connectivity index (χ1n) is 5.46. The highest BCUT2D eigenvalue weighted by atomic mass is 79.9. The Morgan fingerprint density at radius 1 is 1.42 bits per heavy atom. The SMILES string of the molecule is CS(=O)(=O)NCCn1cnc2cc(Br)ccc2c1=O. The Labute approximate surface area is 118 Å². The number of halogens is 1. The lowest BCUT2D eigenvalue weighted by atomic mass is 10.2. The van der Waals surface area contributed by atoms with Gasteiger partial charge in [-0.2, -0.15) is 0 Å². The summed E-state index contributed by atoms with van der Waals surface area (Å²) in [7, 11) is -3.25. The number of aromatic nitrogens is 2. The minimum atomic E-state index is -3.25. The van der Waals surface area contributed by atoms with Gasteiger partial charge >= 0.3 is 0 Å². The fourth-order valence-electron chi connectivity index (χ4n) is 1.64. The summed E-state index contributed by atoms with van der Waals surface area (Å²) in [6, 6.07) is 5.22. The molecule has 8 heteroatoms. The van der Waals surface area contributed by atoms with Crippen molar-refractivity contribution in [1.29, 1.82) is 0 Å². The van der Waals surface area contributed by atoms with Crippen LogP contribution in [0.15, 0.2) is 33.8 Å². The number of hydrogen-bond acceptors (Lipinski definition) is 4. The summed E-state index contributed by atoms with van der Waals surface area (Å²) in [4.78, 5) is 16.3. The monoisotopic (exact) mass is 345 g/mol. The van der Waals surface area contributed by atoms with Crippen molar-refractivity contribution in [3.05, 3.63) is 39.4 Å². The molecule has 0 aliphatic rings. The molecule has 0 saturated heterocycles. The van der Waals surface area contributed by atoms with E-state index < -0.39 is 10.0 Å². The van der Waals surface area contributed by atoms with Gasteiger partial charge in [-0.3, -0.25) is 9.36 Å². The lowest BCUT2D eigenvalue weighted by molar-refractivity contribution is 0.575. The first kappa shape index (κ1) is 14.2. The van der Waals surface area contributed by atoms with Gasteiger partial charge in [0.15, 0.2) is 0 Å². The number of nitrogens with zero attached hydrogens (tertiary/aromatic N) is 2. The normalized spacial score (nSPS) is 11.9. The summed E-state index contributed by atoms with van der Waals surface area (Å²) in [5.74, 6) is 0. The zero-order valence-electron chi connectivity index (χ0n) is 10.1. The van der Waals surface area contributed by atoms with E-state index in [-0.39, 0.29) is 18.6 Å². The molecule has 1 N–H and O–H groups in total. The maximum absolute atomic E-state index is 12.1. The van der Waals surface area contributed by atoms with Gasteiger partial charge in [0, 0.05) is 17.6 Å². The van der Waals surface area contributed by atoms with E-state index in [0.29, 0.717) is 10.9 Å². The highest BCUT2D eigenvalue weighted by molar-refractivity contribution is 9.10. The Kier molecular flexibility index (Phi) is 4.02. The van der Waals surface area contributed by atoms with Crippen molar-refractivity contribution < 1.29 is 8.42 Å². The van der Waals surface area contributed by atoms with Gasteiger partial charge in [-0.1, -0.05) is 15.9 Å². The maximum Gasteiger partial charge on any atom is 0.261 e. The third kappa shape index (κ3) is 3.62. The van der Waals surface area contributed by atoms with E-state index >= 15 is 0 Å². The molecule has 19 heavy (non-hydrogen) atoms. The zero-order valence-corrected chi connectivity index (χ0v) is 12.5. The number of rotatable bonds is 4. The summed E-state index contributed by atoms with van der Waals surface area (Å²) in [6.45, 7) is 0.396. The highest BCUT2D eigenvalue weighted by Crippen LogP contribution is 2.14. The first-order chi connectivity index (χ1) is 8.87. The van der Waals surface area contributed by atoms with Crippen molar-refractivity contribution in [1.82, 2.24) is 14.3 Å². The standard InChI is InChI=1S/C11H12BrN3O3S/c1-19(17,18)14-4-5-15-7-13-10-6-8(12)2-3-9(10)11(15)16/h2-3,6-7,14H,4-5H2,1H3. The quantitative estimate of drug-likeness (QED) is 0.884. The zero-order chi connectivity index (χ0) is 14.0. The largest absolute Gasteiger partial charge is 0.297 e. The van der Waals surface area contributed by atoms with Crippen LogP contribution in [-0.4, -0.2) is 30.8 Å². The molecule has 1 aromatic heterocycles. The van der Waals surface area contributed by atoms with Crippen molar-refractivity contribution in [2.45, 2.75) is 6.54 Å². The second-order valence-corrected chi connectivity index (χ2v) is 6.82. The van der Waals surface area contributed by atoms with Crippen LogP contribution in [0, 0.1) is 0 Å². The molecule has 0 amide bonds. The van der Waals surface area contributed by atoms with Gasteiger partial charge in [0.05, 0.1) is 23.5 Å². The van der Waals surface area contributed by atoms with E-state index in [1.54, 1.807) is 18.2 Å². The highest BCUT2D eigenvalue weighted by Gasteiger charge is 2.05. The van der Waals surface area contributed by atoms with Crippen LogP contribution in [0.1, 0.15) is 0 Å². The number of nitrogens with one attached hydrogen (secondary N) is 1. The molecule has 0 atom stereocenters. The van der Waals surface area contributed by atoms with Crippen LogP contribution in [0.25, 0.3) is 10.9 Å². The van der Waals surface area contributed by atoms with E-state index in [1.165, 1.54) is 10.9 Å². The van der Waals surface area contributed by atoms with Gasteiger partial charge < -0.3 is 0 Å². The Morgan fingerprint density at radius 3 is 2.84 bits per heavy atom. The van der Waals surface area contributed by atoms with Crippen molar-refractivity contribution in [2.24, 2.45) is 0 Å². The number of sulfonamides is 1. The Morgan fingerprint density at radius 2 is 2.16 bits per heavy atom. The van der Waals surface area contributed by atoms with Gasteiger partial charge in [0.25, 0.3) is 5.56 Å². The topological polar surface area (TPSA) is 81.1 Å². The molecule has 0 fully saturated rings. The summed E-state index contributed by atoms with van der Waals surface area (Å²) >= 11 is 3.31. The molecule has 0 spiro atoms. The molecule has 102 valence electrons. The van der Waals surface area contributed by atoms with E-state index in [0.717, 1.165) is 10.7 Å². The molecule has 0 bridgehead atoms. The fourth-order valence-corrected chi connectivity index (χ4v) is 2.45. The van der Waals surface area contributed by atoms with E-state index in [1.807, 2.05) is 0 Å². The maximum atomic E-state index is 12.1. The average molecular weight is 346 g/mol. The van der Waals surface area contributed by atoms with Gasteiger partial charge in [-0.25, -0.2) is 18.1 Å². The molecule has 2 aromatic rings. The second-order valence-electron chi connectivity index (χ2n) is 4.07. The molecule has 6 nitrogen and oxygen atoms in total. The molecule has 0 unspecified atom stereocenters. The molecular weight excluding hydrogens is 334 g/mol. The van der Waals surface area contributed by atoms with Gasteiger partial charge in [-0.05, 0) is 18.2 Å². The number of fused-ring (bicyclic) bond motifs is 1. The minimum Gasteiger partial charge on any atom is -0.297 e. The van der Waals surface area contributed by atoms with Crippen LogP contribution in [0.5, 0.6) is 0 Å². The van der Waals surface area contributed by atoms with Crippen LogP contribution in [0.2, 0.25) is 0 Å². The fraction of sp³-hybridized carbons (Fsp3) is 0.273.